The molecule has 5 heteroatoms. The summed E-state index contributed by atoms with van der Waals surface area (Å²) in [5.41, 5.74) is 3.28. The van der Waals surface area contributed by atoms with Gasteiger partial charge < -0.3 is 4.74 Å². The van der Waals surface area contributed by atoms with Crippen molar-refractivity contribution in [3.8, 4) is 11.1 Å². The second kappa shape index (κ2) is 7.54. The van der Waals surface area contributed by atoms with Gasteiger partial charge >= 0.3 is 5.97 Å². The van der Waals surface area contributed by atoms with E-state index in [4.69, 9.17) is 4.74 Å². The van der Waals surface area contributed by atoms with Crippen LogP contribution in [0.1, 0.15) is 15.9 Å². The normalized spacial score (nSPS) is 11.1. The van der Waals surface area contributed by atoms with Gasteiger partial charge in [-0.2, -0.15) is 0 Å². The molecule has 0 saturated heterocycles. The predicted molar refractivity (Wildman–Crippen MR) is 101 cm³/mol. The highest BCUT2D eigenvalue weighted by molar-refractivity contribution is 7.90. The number of hydrogen-bond acceptors (Lipinski definition) is 4. The predicted octanol–water partition coefficient (Wildman–Crippen LogP) is 4.11. The van der Waals surface area contributed by atoms with Gasteiger partial charge in [0, 0.05) is 6.26 Å². The SMILES string of the molecule is CS(=O)(=O)c1cccc(C(=O)OCc2ccc(-c3ccccc3)cc2)c1. The Balaban J connectivity index is 1.67. The molecule has 3 aromatic rings. The van der Waals surface area contributed by atoms with Gasteiger partial charge in [-0.3, -0.25) is 0 Å². The monoisotopic (exact) mass is 366 g/mol. The quantitative estimate of drug-likeness (QED) is 0.638. The minimum atomic E-state index is -3.36. The van der Waals surface area contributed by atoms with Gasteiger partial charge in [-0.15, -0.1) is 0 Å². The van der Waals surface area contributed by atoms with E-state index in [1.54, 1.807) is 0 Å². The lowest BCUT2D eigenvalue weighted by atomic mass is 10.0. The van der Waals surface area contributed by atoms with Gasteiger partial charge in [0.2, 0.25) is 0 Å². The molecule has 0 bridgehead atoms. The Morgan fingerprint density at radius 2 is 1.50 bits per heavy atom. The van der Waals surface area contributed by atoms with Crippen molar-refractivity contribution >= 4 is 15.8 Å². The van der Waals surface area contributed by atoms with Crippen LogP contribution in [0.4, 0.5) is 0 Å². The maximum atomic E-state index is 12.2. The molecule has 0 aliphatic heterocycles. The summed E-state index contributed by atoms with van der Waals surface area (Å²) in [5.74, 6) is -0.553. The van der Waals surface area contributed by atoms with Crippen LogP contribution >= 0.6 is 0 Å². The fraction of sp³-hybridized carbons (Fsp3) is 0.0952. The molecule has 0 aliphatic rings. The lowest BCUT2D eigenvalue weighted by molar-refractivity contribution is 0.0472. The van der Waals surface area contributed by atoms with Crippen LogP contribution in [0.3, 0.4) is 0 Å². The molecule has 0 heterocycles. The fourth-order valence-corrected chi connectivity index (χ4v) is 3.18. The first kappa shape index (κ1) is 17.9. The van der Waals surface area contributed by atoms with Gasteiger partial charge in [-0.25, -0.2) is 13.2 Å². The summed E-state index contributed by atoms with van der Waals surface area (Å²) >= 11 is 0. The van der Waals surface area contributed by atoms with Crippen molar-refractivity contribution in [2.45, 2.75) is 11.5 Å². The first-order valence-electron chi connectivity index (χ1n) is 8.05. The van der Waals surface area contributed by atoms with Gasteiger partial charge in [-0.05, 0) is 34.9 Å². The van der Waals surface area contributed by atoms with Crippen LogP contribution in [0.15, 0.2) is 83.8 Å². The van der Waals surface area contributed by atoms with E-state index in [0.717, 1.165) is 22.9 Å². The van der Waals surface area contributed by atoms with Gasteiger partial charge in [0.15, 0.2) is 9.84 Å². The summed E-state index contributed by atoms with van der Waals surface area (Å²) in [6, 6.07) is 23.6. The van der Waals surface area contributed by atoms with Crippen LogP contribution in [-0.4, -0.2) is 20.6 Å². The highest BCUT2D eigenvalue weighted by atomic mass is 32.2. The first-order chi connectivity index (χ1) is 12.4. The standard InChI is InChI=1S/C21H18O4S/c1-26(23,24)20-9-5-8-19(14-20)21(22)25-15-16-10-12-18(13-11-16)17-6-3-2-4-7-17/h2-14H,15H2,1H3. The number of benzene rings is 3. The van der Waals surface area contributed by atoms with Crippen molar-refractivity contribution in [1.82, 2.24) is 0 Å². The molecule has 0 radical (unpaired) electrons. The summed E-state index contributed by atoms with van der Waals surface area (Å²) in [7, 11) is -3.36. The number of sulfone groups is 1. The minimum Gasteiger partial charge on any atom is -0.457 e. The zero-order valence-corrected chi connectivity index (χ0v) is 15.1. The van der Waals surface area contributed by atoms with Crippen LogP contribution in [0.5, 0.6) is 0 Å². The molecule has 0 amide bonds. The van der Waals surface area contributed by atoms with Crippen molar-refractivity contribution in [3.63, 3.8) is 0 Å². The Hall–Kier alpha value is -2.92. The molecule has 3 aromatic carbocycles. The summed E-state index contributed by atoms with van der Waals surface area (Å²) < 4.78 is 28.5. The van der Waals surface area contributed by atoms with E-state index in [0.29, 0.717) is 0 Å². The maximum Gasteiger partial charge on any atom is 0.338 e. The van der Waals surface area contributed by atoms with Gasteiger partial charge in [0.05, 0.1) is 10.5 Å². The smallest absolute Gasteiger partial charge is 0.338 e. The molecule has 0 atom stereocenters. The third kappa shape index (κ3) is 4.37. The van der Waals surface area contributed by atoms with Crippen LogP contribution in [0.25, 0.3) is 11.1 Å². The highest BCUT2D eigenvalue weighted by Gasteiger charge is 2.12. The third-order valence-corrected chi connectivity index (χ3v) is 5.04. The molecule has 0 spiro atoms. The Labute approximate surface area is 153 Å². The Morgan fingerprint density at radius 3 is 2.15 bits per heavy atom. The molecule has 3 rings (SSSR count). The second-order valence-electron chi connectivity index (χ2n) is 5.94. The summed E-state index contributed by atoms with van der Waals surface area (Å²) in [5, 5.41) is 0. The van der Waals surface area contributed by atoms with E-state index >= 15 is 0 Å². The highest BCUT2D eigenvalue weighted by Crippen LogP contribution is 2.20. The lowest BCUT2D eigenvalue weighted by Gasteiger charge is -2.07. The summed E-state index contributed by atoms with van der Waals surface area (Å²) in [6.07, 6.45) is 1.10. The molecular weight excluding hydrogens is 348 g/mol. The van der Waals surface area contributed by atoms with Crippen LogP contribution in [0, 0.1) is 0 Å². The van der Waals surface area contributed by atoms with Crippen molar-refractivity contribution in [1.29, 1.82) is 0 Å². The molecule has 0 aliphatic carbocycles. The van der Waals surface area contributed by atoms with Gasteiger partial charge in [-0.1, -0.05) is 60.7 Å². The summed E-state index contributed by atoms with van der Waals surface area (Å²) in [6.45, 7) is 0.122. The molecule has 132 valence electrons. The molecule has 26 heavy (non-hydrogen) atoms. The van der Waals surface area contributed by atoms with Crippen molar-refractivity contribution in [2.24, 2.45) is 0 Å². The van der Waals surface area contributed by atoms with E-state index in [9.17, 15) is 13.2 Å². The number of hydrogen-bond donors (Lipinski definition) is 0. The van der Waals surface area contributed by atoms with Crippen LogP contribution < -0.4 is 0 Å². The van der Waals surface area contributed by atoms with Gasteiger partial charge in [0.1, 0.15) is 6.61 Å². The Morgan fingerprint density at radius 1 is 0.846 bits per heavy atom. The largest absolute Gasteiger partial charge is 0.457 e. The number of carbonyl (C=O) groups excluding carboxylic acids is 1. The molecule has 0 fully saturated rings. The van der Waals surface area contributed by atoms with Crippen LogP contribution in [-0.2, 0) is 21.2 Å². The Kier molecular flexibility index (Phi) is 5.19. The fourth-order valence-electron chi connectivity index (χ4n) is 2.51. The van der Waals surface area contributed by atoms with E-state index in [2.05, 4.69) is 0 Å². The second-order valence-corrected chi connectivity index (χ2v) is 7.95. The molecule has 4 nitrogen and oxygen atoms in total. The van der Waals surface area contributed by atoms with Crippen molar-refractivity contribution in [3.05, 3.63) is 90.0 Å². The maximum absolute atomic E-state index is 12.2. The average Bonchev–Trinajstić information content (AvgIpc) is 2.66. The number of esters is 1. The Bertz CT molecular complexity index is 1010. The molecule has 0 N–H and O–H groups in total. The molecule has 0 saturated carbocycles. The number of rotatable bonds is 5. The van der Waals surface area contributed by atoms with E-state index in [1.807, 2.05) is 54.6 Å². The molecule has 0 unspecified atom stereocenters. The zero-order chi connectivity index (χ0) is 18.6. The third-order valence-electron chi connectivity index (χ3n) is 3.93. The number of ether oxygens (including phenoxy) is 1. The molecule has 0 aromatic heterocycles. The van der Waals surface area contributed by atoms with Crippen molar-refractivity contribution < 1.29 is 17.9 Å². The lowest BCUT2D eigenvalue weighted by Crippen LogP contribution is -2.07. The number of carbonyl (C=O) groups is 1. The van der Waals surface area contributed by atoms with Gasteiger partial charge in [0.25, 0.3) is 0 Å². The minimum absolute atomic E-state index is 0.0964. The van der Waals surface area contributed by atoms with E-state index < -0.39 is 15.8 Å². The van der Waals surface area contributed by atoms with E-state index in [1.165, 1.54) is 24.3 Å². The summed E-state index contributed by atoms with van der Waals surface area (Å²) in [4.78, 5) is 12.3. The first-order valence-corrected chi connectivity index (χ1v) is 9.94. The van der Waals surface area contributed by atoms with E-state index in [-0.39, 0.29) is 17.1 Å². The molecular formula is C21H18O4S. The van der Waals surface area contributed by atoms with Crippen LogP contribution in [0.2, 0.25) is 0 Å². The van der Waals surface area contributed by atoms with Crippen molar-refractivity contribution in [2.75, 3.05) is 6.26 Å². The topological polar surface area (TPSA) is 60.4 Å². The average molecular weight is 366 g/mol. The zero-order valence-electron chi connectivity index (χ0n) is 14.3.